The summed E-state index contributed by atoms with van der Waals surface area (Å²) in [4.78, 5) is 8.54. The van der Waals surface area contributed by atoms with E-state index < -0.39 is 37.2 Å². The van der Waals surface area contributed by atoms with E-state index in [0.29, 0.717) is 12.6 Å². The summed E-state index contributed by atoms with van der Waals surface area (Å²) in [5.74, 6) is -2.80. The molecule has 0 bridgehead atoms. The third-order valence-corrected chi connectivity index (χ3v) is 4.43. The lowest BCUT2D eigenvalue weighted by Gasteiger charge is -2.17. The van der Waals surface area contributed by atoms with Gasteiger partial charge in [-0.05, 0) is 7.05 Å². The molecule has 1 aromatic carbocycles. The molecule has 112 valence electrons. The molecular weight excluding hydrogens is 296 g/mol. The smallest absolute Gasteiger partial charge is 0.306 e. The van der Waals surface area contributed by atoms with Crippen LogP contribution in [0.1, 0.15) is 0 Å². The van der Waals surface area contributed by atoms with Crippen molar-refractivity contribution < 1.29 is 22.1 Å². The number of halogens is 2. The summed E-state index contributed by atoms with van der Waals surface area (Å²) in [5.41, 5.74) is -1.09. The van der Waals surface area contributed by atoms with Crippen molar-refractivity contribution in [1.82, 2.24) is 9.62 Å². The lowest BCUT2D eigenvalue weighted by molar-refractivity contribution is -0.387. The second-order valence-electron chi connectivity index (χ2n) is 3.92. The molecule has 0 spiro atoms. The molecule has 20 heavy (non-hydrogen) atoms. The van der Waals surface area contributed by atoms with Gasteiger partial charge in [0.1, 0.15) is 10.7 Å². The first kappa shape index (κ1) is 16.4. The average molecular weight is 309 g/mol. The third kappa shape index (κ3) is 3.26. The van der Waals surface area contributed by atoms with Crippen molar-refractivity contribution in [2.24, 2.45) is 0 Å². The molecule has 0 radical (unpaired) electrons. The van der Waals surface area contributed by atoms with E-state index in [-0.39, 0.29) is 12.6 Å². The fourth-order valence-electron chi connectivity index (χ4n) is 1.41. The van der Waals surface area contributed by atoms with Crippen molar-refractivity contribution in [2.45, 2.75) is 4.90 Å². The van der Waals surface area contributed by atoms with E-state index in [1.807, 2.05) is 0 Å². The lowest BCUT2D eigenvalue weighted by atomic mass is 10.3. The number of sulfonamides is 1. The first-order valence-corrected chi connectivity index (χ1v) is 6.90. The maximum atomic E-state index is 13.6. The molecule has 0 aliphatic heterocycles. The maximum Gasteiger partial charge on any atom is 0.306 e. The number of hydrogen-bond acceptors (Lipinski definition) is 5. The number of hydrogen-bond donors (Lipinski definition) is 1. The molecule has 0 unspecified atom stereocenters. The monoisotopic (exact) mass is 309 g/mol. The Morgan fingerprint density at radius 2 is 1.95 bits per heavy atom. The molecule has 0 aliphatic carbocycles. The van der Waals surface area contributed by atoms with Gasteiger partial charge in [-0.1, -0.05) is 0 Å². The van der Waals surface area contributed by atoms with Crippen LogP contribution in [0.4, 0.5) is 14.5 Å². The van der Waals surface area contributed by atoms with Crippen molar-refractivity contribution in [2.75, 3.05) is 27.2 Å². The number of nitrogens with zero attached hydrogens (tertiary/aromatic N) is 2. The van der Waals surface area contributed by atoms with E-state index in [1.54, 1.807) is 7.05 Å². The molecule has 1 N–H and O–H groups in total. The zero-order chi connectivity index (χ0) is 15.5. The second-order valence-corrected chi connectivity index (χ2v) is 5.93. The van der Waals surface area contributed by atoms with E-state index in [2.05, 4.69) is 5.32 Å². The van der Waals surface area contributed by atoms with Crippen LogP contribution in [0, 0.1) is 21.7 Å². The van der Waals surface area contributed by atoms with E-state index in [1.165, 1.54) is 7.05 Å². The van der Waals surface area contributed by atoms with Crippen LogP contribution in [0.25, 0.3) is 0 Å². The number of nitrogens with one attached hydrogen (secondary N) is 1. The van der Waals surface area contributed by atoms with Gasteiger partial charge in [-0.25, -0.2) is 12.8 Å². The summed E-state index contributed by atoms with van der Waals surface area (Å²) in [6, 6.07) is 0.576. The van der Waals surface area contributed by atoms with Crippen LogP contribution in [-0.2, 0) is 10.0 Å². The fourth-order valence-corrected chi connectivity index (χ4v) is 2.65. The van der Waals surface area contributed by atoms with E-state index in [4.69, 9.17) is 0 Å². The summed E-state index contributed by atoms with van der Waals surface area (Å²) < 4.78 is 51.7. The van der Waals surface area contributed by atoms with Gasteiger partial charge >= 0.3 is 5.69 Å². The molecule has 0 saturated heterocycles. The highest BCUT2D eigenvalue weighted by molar-refractivity contribution is 7.89. The first-order valence-electron chi connectivity index (χ1n) is 5.46. The Kier molecular flexibility index (Phi) is 5.09. The largest absolute Gasteiger partial charge is 0.318 e. The number of benzene rings is 1. The molecule has 0 atom stereocenters. The normalized spacial score (nSPS) is 11.8. The van der Waals surface area contributed by atoms with E-state index >= 15 is 0 Å². The third-order valence-electron chi connectivity index (χ3n) is 2.56. The molecule has 0 aliphatic rings. The summed E-state index contributed by atoms with van der Waals surface area (Å²) >= 11 is 0. The zero-order valence-electron chi connectivity index (χ0n) is 10.8. The molecule has 10 heteroatoms. The SMILES string of the molecule is CNCCN(C)S(=O)(=O)c1cc([N+](=O)[O-])c(F)cc1F. The summed E-state index contributed by atoms with van der Waals surface area (Å²) in [7, 11) is -1.47. The summed E-state index contributed by atoms with van der Waals surface area (Å²) in [6.45, 7) is 0.337. The highest BCUT2D eigenvalue weighted by Gasteiger charge is 2.29. The van der Waals surface area contributed by atoms with E-state index in [9.17, 15) is 27.3 Å². The van der Waals surface area contributed by atoms with Crippen LogP contribution in [-0.4, -0.2) is 44.8 Å². The minimum absolute atomic E-state index is 0.0312. The Balaban J connectivity index is 3.31. The molecule has 0 heterocycles. The Morgan fingerprint density at radius 3 is 2.45 bits per heavy atom. The van der Waals surface area contributed by atoms with Crippen LogP contribution in [0.3, 0.4) is 0 Å². The van der Waals surface area contributed by atoms with Crippen molar-refractivity contribution in [1.29, 1.82) is 0 Å². The predicted molar refractivity (Wildman–Crippen MR) is 66.8 cm³/mol. The Morgan fingerprint density at radius 1 is 1.35 bits per heavy atom. The minimum atomic E-state index is -4.27. The maximum absolute atomic E-state index is 13.6. The number of rotatable bonds is 6. The Labute approximate surface area is 114 Å². The topological polar surface area (TPSA) is 92.6 Å². The molecular formula is C10H13F2N3O4S. The zero-order valence-corrected chi connectivity index (χ0v) is 11.6. The Hall–Kier alpha value is -1.65. The van der Waals surface area contributed by atoms with Crippen molar-refractivity contribution in [3.05, 3.63) is 33.9 Å². The molecule has 0 fully saturated rings. The summed E-state index contributed by atoms with van der Waals surface area (Å²) in [6.07, 6.45) is 0. The van der Waals surface area contributed by atoms with Crippen molar-refractivity contribution in [3.63, 3.8) is 0 Å². The van der Waals surface area contributed by atoms with Crippen molar-refractivity contribution >= 4 is 15.7 Å². The van der Waals surface area contributed by atoms with Gasteiger partial charge in [0.15, 0.2) is 0 Å². The standard InChI is InChI=1S/C10H13F2N3O4S/c1-13-3-4-14(2)20(18,19)10-6-9(15(16)17)7(11)5-8(10)12/h5-6,13H,3-4H2,1-2H3. The average Bonchev–Trinajstić information content (AvgIpc) is 2.34. The van der Waals surface area contributed by atoms with Gasteiger partial charge in [0.05, 0.1) is 4.92 Å². The summed E-state index contributed by atoms with van der Waals surface area (Å²) in [5, 5.41) is 13.3. The van der Waals surface area contributed by atoms with Crippen LogP contribution >= 0.6 is 0 Å². The number of nitro groups is 1. The fraction of sp³-hybridized carbons (Fsp3) is 0.400. The molecule has 0 aromatic heterocycles. The minimum Gasteiger partial charge on any atom is -0.318 e. The molecule has 0 amide bonds. The van der Waals surface area contributed by atoms with Crippen LogP contribution < -0.4 is 5.32 Å². The van der Waals surface area contributed by atoms with Crippen LogP contribution in [0.5, 0.6) is 0 Å². The molecule has 0 saturated carbocycles. The van der Waals surface area contributed by atoms with Crippen LogP contribution in [0.2, 0.25) is 0 Å². The molecule has 7 nitrogen and oxygen atoms in total. The van der Waals surface area contributed by atoms with Gasteiger partial charge in [-0.3, -0.25) is 10.1 Å². The van der Waals surface area contributed by atoms with Gasteiger partial charge in [0.2, 0.25) is 15.8 Å². The highest BCUT2D eigenvalue weighted by Crippen LogP contribution is 2.26. The highest BCUT2D eigenvalue weighted by atomic mass is 32.2. The van der Waals surface area contributed by atoms with Gasteiger partial charge in [-0.15, -0.1) is 0 Å². The van der Waals surface area contributed by atoms with Gasteiger partial charge in [0.25, 0.3) is 0 Å². The lowest BCUT2D eigenvalue weighted by Crippen LogP contribution is -2.33. The predicted octanol–water partition coefficient (Wildman–Crippen LogP) is 0.713. The quantitative estimate of drug-likeness (QED) is 0.617. The Bertz CT molecular complexity index is 621. The van der Waals surface area contributed by atoms with Gasteiger partial charge < -0.3 is 5.32 Å². The van der Waals surface area contributed by atoms with Gasteiger partial charge in [-0.2, -0.15) is 8.70 Å². The second kappa shape index (κ2) is 6.20. The van der Waals surface area contributed by atoms with E-state index in [0.717, 1.165) is 4.31 Å². The molecule has 1 aromatic rings. The van der Waals surface area contributed by atoms with Crippen molar-refractivity contribution in [3.8, 4) is 0 Å². The number of likely N-dealkylation sites (N-methyl/N-ethyl adjacent to an activating group) is 2. The van der Waals surface area contributed by atoms with Crippen LogP contribution in [0.15, 0.2) is 17.0 Å². The van der Waals surface area contributed by atoms with Gasteiger partial charge in [0, 0.05) is 32.3 Å². The first-order chi connectivity index (χ1) is 9.21. The number of nitro benzene ring substituents is 1. The molecule has 1 rings (SSSR count).